The standard InChI is InChI=1S/C19H22N2O4S/c22-19(23)16-8-10-18(11-9-16)26(24,25)20-17-7-4-12-21(14-17)13-15-5-2-1-3-6-15/h1-3,5-6,8-11,17,20H,4,7,12-14H2,(H,22,23). The van der Waals surface area contributed by atoms with Crippen molar-refractivity contribution in [2.24, 2.45) is 0 Å². The van der Waals surface area contributed by atoms with Crippen molar-refractivity contribution < 1.29 is 18.3 Å². The van der Waals surface area contributed by atoms with Gasteiger partial charge in [0.25, 0.3) is 0 Å². The van der Waals surface area contributed by atoms with Crippen LogP contribution < -0.4 is 4.72 Å². The van der Waals surface area contributed by atoms with Gasteiger partial charge in [-0.2, -0.15) is 0 Å². The Kier molecular flexibility index (Phi) is 5.70. The number of benzene rings is 2. The van der Waals surface area contributed by atoms with Gasteiger partial charge in [0, 0.05) is 19.1 Å². The van der Waals surface area contributed by atoms with Crippen LogP contribution in [0.1, 0.15) is 28.8 Å². The van der Waals surface area contributed by atoms with Gasteiger partial charge in [0.1, 0.15) is 0 Å². The van der Waals surface area contributed by atoms with Crippen LogP contribution in [0.5, 0.6) is 0 Å². The van der Waals surface area contributed by atoms with Gasteiger partial charge in [-0.05, 0) is 49.2 Å². The summed E-state index contributed by atoms with van der Waals surface area (Å²) in [5, 5.41) is 8.92. The number of rotatable bonds is 6. The molecule has 7 heteroatoms. The summed E-state index contributed by atoms with van der Waals surface area (Å²) in [5.41, 5.74) is 1.27. The second-order valence-corrected chi connectivity index (χ2v) is 8.22. The number of piperidine rings is 1. The molecule has 2 N–H and O–H groups in total. The highest BCUT2D eigenvalue weighted by Crippen LogP contribution is 2.17. The van der Waals surface area contributed by atoms with E-state index in [4.69, 9.17) is 5.11 Å². The van der Waals surface area contributed by atoms with Gasteiger partial charge in [0.05, 0.1) is 10.5 Å². The second-order valence-electron chi connectivity index (χ2n) is 6.51. The normalized spacial score (nSPS) is 18.5. The summed E-state index contributed by atoms with van der Waals surface area (Å²) < 4.78 is 27.9. The number of carbonyl (C=O) groups is 1. The molecule has 3 rings (SSSR count). The third-order valence-corrected chi connectivity index (χ3v) is 6.02. The largest absolute Gasteiger partial charge is 0.478 e. The Hall–Kier alpha value is -2.22. The predicted molar refractivity (Wildman–Crippen MR) is 98.5 cm³/mol. The van der Waals surface area contributed by atoms with Crippen LogP contribution in [-0.4, -0.2) is 43.5 Å². The van der Waals surface area contributed by atoms with E-state index in [9.17, 15) is 13.2 Å². The summed E-state index contributed by atoms with van der Waals surface area (Å²) in [6.45, 7) is 2.40. The number of likely N-dealkylation sites (tertiary alicyclic amines) is 1. The number of sulfonamides is 1. The lowest BCUT2D eigenvalue weighted by Gasteiger charge is -2.33. The first-order chi connectivity index (χ1) is 12.4. The van der Waals surface area contributed by atoms with Crippen LogP contribution >= 0.6 is 0 Å². The quantitative estimate of drug-likeness (QED) is 0.810. The van der Waals surface area contributed by atoms with Gasteiger partial charge in [0.2, 0.25) is 10.0 Å². The van der Waals surface area contributed by atoms with E-state index < -0.39 is 16.0 Å². The molecule has 0 radical (unpaired) electrons. The van der Waals surface area contributed by atoms with Crippen LogP contribution in [0.3, 0.4) is 0 Å². The maximum Gasteiger partial charge on any atom is 0.335 e. The lowest BCUT2D eigenvalue weighted by Crippen LogP contribution is -2.47. The lowest BCUT2D eigenvalue weighted by molar-refractivity contribution is 0.0696. The van der Waals surface area contributed by atoms with Crippen molar-refractivity contribution in [1.82, 2.24) is 9.62 Å². The highest BCUT2D eigenvalue weighted by molar-refractivity contribution is 7.89. The van der Waals surface area contributed by atoms with E-state index >= 15 is 0 Å². The van der Waals surface area contributed by atoms with Crippen molar-refractivity contribution in [2.45, 2.75) is 30.3 Å². The van der Waals surface area contributed by atoms with Gasteiger partial charge in [0.15, 0.2) is 0 Å². The number of carboxylic acid groups (broad SMARTS) is 1. The Morgan fingerprint density at radius 2 is 1.81 bits per heavy atom. The maximum absolute atomic E-state index is 12.6. The van der Waals surface area contributed by atoms with E-state index in [1.54, 1.807) is 0 Å². The Labute approximate surface area is 153 Å². The first-order valence-corrected chi connectivity index (χ1v) is 10.0. The SMILES string of the molecule is O=C(O)c1ccc(S(=O)(=O)NC2CCCN(Cc3ccccc3)C2)cc1. The molecule has 26 heavy (non-hydrogen) atoms. The van der Waals surface area contributed by atoms with Gasteiger partial charge in [-0.1, -0.05) is 30.3 Å². The van der Waals surface area contributed by atoms with E-state index in [-0.39, 0.29) is 16.5 Å². The van der Waals surface area contributed by atoms with E-state index in [1.807, 2.05) is 18.2 Å². The zero-order valence-corrected chi connectivity index (χ0v) is 15.2. The topological polar surface area (TPSA) is 86.7 Å². The number of nitrogens with zero attached hydrogens (tertiary/aromatic N) is 1. The van der Waals surface area contributed by atoms with Crippen molar-refractivity contribution in [3.05, 3.63) is 65.7 Å². The minimum Gasteiger partial charge on any atom is -0.478 e. The number of hydrogen-bond donors (Lipinski definition) is 2. The molecule has 1 atom stereocenters. The molecule has 0 saturated carbocycles. The fraction of sp³-hybridized carbons (Fsp3) is 0.316. The van der Waals surface area contributed by atoms with Gasteiger partial charge in [-0.15, -0.1) is 0 Å². The molecule has 1 saturated heterocycles. The Bertz CT molecular complexity index is 851. The van der Waals surface area contributed by atoms with Crippen LogP contribution in [0.2, 0.25) is 0 Å². The third kappa shape index (κ3) is 4.69. The van der Waals surface area contributed by atoms with E-state index in [1.165, 1.54) is 29.8 Å². The van der Waals surface area contributed by atoms with Crippen LogP contribution in [0, 0.1) is 0 Å². The first kappa shape index (κ1) is 18.6. The fourth-order valence-electron chi connectivity index (χ4n) is 3.20. The molecule has 0 aromatic heterocycles. The summed E-state index contributed by atoms with van der Waals surface area (Å²) in [4.78, 5) is 13.2. The molecule has 6 nitrogen and oxygen atoms in total. The molecule has 1 aliphatic rings. The van der Waals surface area contributed by atoms with Gasteiger partial charge >= 0.3 is 5.97 Å². The lowest BCUT2D eigenvalue weighted by atomic mass is 10.1. The Balaban J connectivity index is 1.64. The van der Waals surface area contributed by atoms with Crippen LogP contribution in [0.4, 0.5) is 0 Å². The number of aromatic carboxylic acids is 1. The molecular formula is C19H22N2O4S. The highest BCUT2D eigenvalue weighted by Gasteiger charge is 2.25. The summed E-state index contributed by atoms with van der Waals surface area (Å²) >= 11 is 0. The van der Waals surface area contributed by atoms with Crippen molar-refractivity contribution in [2.75, 3.05) is 13.1 Å². The van der Waals surface area contributed by atoms with Gasteiger partial charge < -0.3 is 5.11 Å². The molecule has 0 aliphatic carbocycles. The first-order valence-electron chi connectivity index (χ1n) is 8.56. The zero-order chi connectivity index (χ0) is 18.6. The maximum atomic E-state index is 12.6. The number of carboxylic acids is 1. The average Bonchev–Trinajstić information content (AvgIpc) is 2.62. The van der Waals surface area contributed by atoms with E-state index in [2.05, 4.69) is 21.8 Å². The second kappa shape index (κ2) is 7.99. The molecule has 1 fully saturated rings. The average molecular weight is 374 g/mol. The summed E-state index contributed by atoms with van der Waals surface area (Å²) in [6.07, 6.45) is 1.72. The molecule has 0 amide bonds. The van der Waals surface area contributed by atoms with E-state index in [0.717, 1.165) is 25.9 Å². The molecular weight excluding hydrogens is 352 g/mol. The minimum absolute atomic E-state index is 0.0654. The van der Waals surface area contributed by atoms with E-state index in [0.29, 0.717) is 6.54 Å². The number of hydrogen-bond acceptors (Lipinski definition) is 4. The van der Waals surface area contributed by atoms with Gasteiger partial charge in [-0.3, -0.25) is 4.90 Å². The molecule has 0 spiro atoms. The smallest absolute Gasteiger partial charge is 0.335 e. The molecule has 2 aromatic carbocycles. The molecule has 1 heterocycles. The van der Waals surface area contributed by atoms with Crippen LogP contribution in [-0.2, 0) is 16.6 Å². The monoisotopic (exact) mass is 374 g/mol. The van der Waals surface area contributed by atoms with Crippen LogP contribution in [0.25, 0.3) is 0 Å². The molecule has 1 unspecified atom stereocenters. The molecule has 138 valence electrons. The predicted octanol–water partition coefficient (Wildman–Crippen LogP) is 2.33. The van der Waals surface area contributed by atoms with Crippen molar-refractivity contribution in [1.29, 1.82) is 0 Å². The Morgan fingerprint density at radius 1 is 1.12 bits per heavy atom. The Morgan fingerprint density at radius 3 is 2.46 bits per heavy atom. The van der Waals surface area contributed by atoms with Crippen molar-refractivity contribution >= 4 is 16.0 Å². The van der Waals surface area contributed by atoms with Gasteiger partial charge in [-0.25, -0.2) is 17.9 Å². The van der Waals surface area contributed by atoms with Crippen LogP contribution in [0.15, 0.2) is 59.5 Å². The minimum atomic E-state index is -3.67. The fourth-order valence-corrected chi connectivity index (χ4v) is 4.46. The van der Waals surface area contributed by atoms with Crippen molar-refractivity contribution in [3.63, 3.8) is 0 Å². The number of nitrogens with one attached hydrogen (secondary N) is 1. The summed E-state index contributed by atoms with van der Waals surface area (Å²) in [7, 11) is -3.67. The molecule has 0 bridgehead atoms. The van der Waals surface area contributed by atoms with Crippen molar-refractivity contribution in [3.8, 4) is 0 Å². The summed E-state index contributed by atoms with van der Waals surface area (Å²) in [6, 6.07) is 15.2. The molecule has 2 aromatic rings. The molecule has 1 aliphatic heterocycles. The summed E-state index contributed by atoms with van der Waals surface area (Å²) in [5.74, 6) is -1.08. The third-order valence-electron chi connectivity index (χ3n) is 4.49. The zero-order valence-electron chi connectivity index (χ0n) is 14.3. The highest BCUT2D eigenvalue weighted by atomic mass is 32.2.